The van der Waals surface area contributed by atoms with Crippen LogP contribution in [0.1, 0.15) is 31.9 Å². The number of hydrogen-bond donors (Lipinski definition) is 1. The number of hydrogen-bond acceptors (Lipinski definition) is 3. The zero-order valence-electron chi connectivity index (χ0n) is 9.85. The van der Waals surface area contributed by atoms with E-state index in [0.29, 0.717) is 12.5 Å². The third kappa shape index (κ3) is 4.45. The van der Waals surface area contributed by atoms with E-state index < -0.39 is 0 Å². The van der Waals surface area contributed by atoms with E-state index >= 15 is 0 Å². The number of ether oxygens (including phenoxy) is 1. The molecule has 0 aliphatic heterocycles. The van der Waals surface area contributed by atoms with Gasteiger partial charge in [-0.1, -0.05) is 44.2 Å². The second-order valence-electron chi connectivity index (χ2n) is 4.30. The molecule has 1 aromatic rings. The fourth-order valence-corrected chi connectivity index (χ4v) is 1.32. The lowest BCUT2D eigenvalue weighted by Gasteiger charge is -2.12. The maximum atomic E-state index is 11.4. The predicted molar refractivity (Wildman–Crippen MR) is 63.8 cm³/mol. The SMILES string of the molecule is CC(C)COC(=O)CC(N)c1ccccc1. The van der Waals surface area contributed by atoms with Gasteiger partial charge in [-0.2, -0.15) is 0 Å². The Balaban J connectivity index is 2.40. The second-order valence-corrected chi connectivity index (χ2v) is 4.30. The molecular formula is C13H19NO2. The Morgan fingerprint density at radius 1 is 1.31 bits per heavy atom. The molecule has 0 spiro atoms. The quantitative estimate of drug-likeness (QED) is 0.776. The molecule has 0 fully saturated rings. The van der Waals surface area contributed by atoms with Gasteiger partial charge in [0.15, 0.2) is 0 Å². The molecule has 0 bridgehead atoms. The summed E-state index contributed by atoms with van der Waals surface area (Å²) in [6, 6.07) is 9.30. The van der Waals surface area contributed by atoms with Gasteiger partial charge in [-0.25, -0.2) is 0 Å². The molecule has 0 heterocycles. The van der Waals surface area contributed by atoms with Crippen LogP contribution in [-0.4, -0.2) is 12.6 Å². The van der Waals surface area contributed by atoms with Crippen LogP contribution in [0.3, 0.4) is 0 Å². The molecule has 3 heteroatoms. The summed E-state index contributed by atoms with van der Waals surface area (Å²) in [5.74, 6) is 0.127. The van der Waals surface area contributed by atoms with Gasteiger partial charge >= 0.3 is 5.97 Å². The Morgan fingerprint density at radius 3 is 2.50 bits per heavy atom. The summed E-state index contributed by atoms with van der Waals surface area (Å²) in [6.07, 6.45) is 0.233. The van der Waals surface area contributed by atoms with E-state index in [1.807, 2.05) is 44.2 Å². The second kappa shape index (κ2) is 6.28. The minimum Gasteiger partial charge on any atom is -0.465 e. The molecule has 0 saturated heterocycles. The largest absolute Gasteiger partial charge is 0.465 e. The van der Waals surface area contributed by atoms with E-state index in [1.54, 1.807) is 0 Å². The highest BCUT2D eigenvalue weighted by Gasteiger charge is 2.12. The van der Waals surface area contributed by atoms with Gasteiger partial charge < -0.3 is 10.5 Å². The summed E-state index contributed by atoms with van der Waals surface area (Å²) in [5.41, 5.74) is 6.86. The molecule has 0 aliphatic rings. The normalized spacial score (nSPS) is 12.5. The van der Waals surface area contributed by atoms with Crippen LogP contribution in [-0.2, 0) is 9.53 Å². The molecule has 1 aromatic carbocycles. The van der Waals surface area contributed by atoms with E-state index in [-0.39, 0.29) is 18.4 Å². The third-order valence-corrected chi connectivity index (χ3v) is 2.19. The van der Waals surface area contributed by atoms with E-state index in [1.165, 1.54) is 0 Å². The number of rotatable bonds is 5. The van der Waals surface area contributed by atoms with Gasteiger partial charge in [-0.05, 0) is 11.5 Å². The van der Waals surface area contributed by atoms with Crippen LogP contribution in [0.5, 0.6) is 0 Å². The Hall–Kier alpha value is -1.35. The van der Waals surface area contributed by atoms with Crippen LogP contribution in [0.15, 0.2) is 30.3 Å². The van der Waals surface area contributed by atoms with Crippen molar-refractivity contribution in [2.24, 2.45) is 11.7 Å². The minimum absolute atomic E-state index is 0.231. The molecule has 0 saturated carbocycles. The smallest absolute Gasteiger partial charge is 0.307 e. The van der Waals surface area contributed by atoms with E-state index in [0.717, 1.165) is 5.56 Å². The average molecular weight is 221 g/mol. The summed E-state index contributed by atoms with van der Waals surface area (Å²) >= 11 is 0. The van der Waals surface area contributed by atoms with Crippen LogP contribution in [0, 0.1) is 5.92 Å². The molecule has 1 rings (SSSR count). The number of nitrogens with two attached hydrogens (primary N) is 1. The van der Waals surface area contributed by atoms with Crippen molar-refractivity contribution in [3.8, 4) is 0 Å². The Labute approximate surface area is 96.6 Å². The van der Waals surface area contributed by atoms with Crippen molar-refractivity contribution in [1.82, 2.24) is 0 Å². The topological polar surface area (TPSA) is 52.3 Å². The van der Waals surface area contributed by atoms with Crippen LogP contribution in [0.4, 0.5) is 0 Å². The van der Waals surface area contributed by atoms with Crippen LogP contribution in [0.25, 0.3) is 0 Å². The number of carbonyl (C=O) groups excluding carboxylic acids is 1. The summed E-state index contributed by atoms with van der Waals surface area (Å²) in [6.45, 7) is 4.47. The molecule has 3 nitrogen and oxygen atoms in total. The molecule has 1 atom stereocenters. The summed E-state index contributed by atoms with van der Waals surface area (Å²) < 4.78 is 5.08. The van der Waals surface area contributed by atoms with Gasteiger partial charge in [0, 0.05) is 6.04 Å². The van der Waals surface area contributed by atoms with Crippen molar-refractivity contribution >= 4 is 5.97 Å². The molecule has 0 aliphatic carbocycles. The molecule has 0 amide bonds. The highest BCUT2D eigenvalue weighted by atomic mass is 16.5. The summed E-state index contributed by atoms with van der Waals surface area (Å²) in [7, 11) is 0. The summed E-state index contributed by atoms with van der Waals surface area (Å²) in [5, 5.41) is 0. The lowest BCUT2D eigenvalue weighted by Crippen LogP contribution is -2.18. The van der Waals surface area contributed by atoms with Gasteiger partial charge in [-0.15, -0.1) is 0 Å². The predicted octanol–water partition coefficient (Wildman–Crippen LogP) is 2.28. The summed E-state index contributed by atoms with van der Waals surface area (Å²) in [4.78, 5) is 11.4. The van der Waals surface area contributed by atoms with Gasteiger partial charge in [0.1, 0.15) is 0 Å². The Bertz CT molecular complexity index is 322. The van der Waals surface area contributed by atoms with Crippen molar-refractivity contribution in [1.29, 1.82) is 0 Å². The minimum atomic E-state index is -0.277. The first-order valence-corrected chi connectivity index (χ1v) is 5.55. The van der Waals surface area contributed by atoms with Crippen molar-refractivity contribution < 1.29 is 9.53 Å². The number of benzene rings is 1. The van der Waals surface area contributed by atoms with E-state index in [2.05, 4.69) is 0 Å². The highest BCUT2D eigenvalue weighted by Crippen LogP contribution is 2.13. The van der Waals surface area contributed by atoms with Gasteiger partial charge in [0.2, 0.25) is 0 Å². The van der Waals surface area contributed by atoms with Crippen molar-refractivity contribution in [2.45, 2.75) is 26.3 Å². The number of esters is 1. The molecule has 1 unspecified atom stereocenters. The maximum absolute atomic E-state index is 11.4. The first-order chi connectivity index (χ1) is 7.59. The zero-order chi connectivity index (χ0) is 12.0. The molecule has 88 valence electrons. The third-order valence-electron chi connectivity index (χ3n) is 2.19. The molecule has 2 N–H and O–H groups in total. The molecule has 0 aromatic heterocycles. The average Bonchev–Trinajstić information content (AvgIpc) is 2.27. The monoisotopic (exact) mass is 221 g/mol. The van der Waals surface area contributed by atoms with Crippen molar-refractivity contribution in [3.05, 3.63) is 35.9 Å². The van der Waals surface area contributed by atoms with Gasteiger partial charge in [0.25, 0.3) is 0 Å². The molecule has 16 heavy (non-hydrogen) atoms. The Morgan fingerprint density at radius 2 is 1.94 bits per heavy atom. The lowest BCUT2D eigenvalue weighted by atomic mass is 10.1. The lowest BCUT2D eigenvalue weighted by molar-refractivity contribution is -0.145. The van der Waals surface area contributed by atoms with Crippen LogP contribution in [0.2, 0.25) is 0 Å². The fraction of sp³-hybridized carbons (Fsp3) is 0.462. The first kappa shape index (κ1) is 12.7. The van der Waals surface area contributed by atoms with Crippen molar-refractivity contribution in [3.63, 3.8) is 0 Å². The van der Waals surface area contributed by atoms with E-state index in [4.69, 9.17) is 10.5 Å². The van der Waals surface area contributed by atoms with Crippen LogP contribution >= 0.6 is 0 Å². The van der Waals surface area contributed by atoms with E-state index in [9.17, 15) is 4.79 Å². The zero-order valence-corrected chi connectivity index (χ0v) is 9.85. The molecular weight excluding hydrogens is 202 g/mol. The standard InChI is InChI=1S/C13H19NO2/c1-10(2)9-16-13(15)8-12(14)11-6-4-3-5-7-11/h3-7,10,12H,8-9,14H2,1-2H3. The van der Waals surface area contributed by atoms with Crippen molar-refractivity contribution in [2.75, 3.05) is 6.61 Å². The first-order valence-electron chi connectivity index (χ1n) is 5.55. The molecule has 0 radical (unpaired) electrons. The van der Waals surface area contributed by atoms with Crippen LogP contribution < -0.4 is 5.73 Å². The maximum Gasteiger partial charge on any atom is 0.307 e. The van der Waals surface area contributed by atoms with Gasteiger partial charge in [0.05, 0.1) is 13.0 Å². The Kier molecular flexibility index (Phi) is 4.99. The fourth-order valence-electron chi connectivity index (χ4n) is 1.32. The van der Waals surface area contributed by atoms with Gasteiger partial charge in [-0.3, -0.25) is 4.79 Å². The number of carbonyl (C=O) groups is 1. The highest BCUT2D eigenvalue weighted by molar-refractivity contribution is 5.70.